The number of halogens is 2. The zero-order valence-electron chi connectivity index (χ0n) is 7.51. The maximum Gasteiger partial charge on any atom is 0.114 e. The minimum atomic E-state index is -0.341. The number of H-pyrrole nitrogens is 1. The summed E-state index contributed by atoms with van der Waals surface area (Å²) in [6.45, 7) is 3.62. The summed E-state index contributed by atoms with van der Waals surface area (Å²) >= 11 is -0.341. The topological polar surface area (TPSA) is 41.6 Å². The Morgan fingerprint density at radius 3 is 2.85 bits per heavy atom. The molecule has 1 N–H and O–H groups in total. The van der Waals surface area contributed by atoms with E-state index in [4.69, 9.17) is 0 Å². The molecule has 3 nitrogen and oxygen atoms in total. The van der Waals surface area contributed by atoms with Crippen LogP contribution in [-0.2, 0) is 0 Å². The van der Waals surface area contributed by atoms with Crippen LogP contribution in [0.15, 0.2) is 5.83 Å². The van der Waals surface area contributed by atoms with E-state index >= 15 is 0 Å². The van der Waals surface area contributed by atoms with Crippen molar-refractivity contribution >= 4 is 31.3 Å². The fraction of sp³-hybridized carbons (Fsp3) is 0.375. The molecule has 0 radical (unpaired) electrons. The van der Waals surface area contributed by atoms with E-state index < -0.39 is 0 Å². The maximum absolute atomic E-state index is 13.3. The molecule has 0 bridgehead atoms. The summed E-state index contributed by atoms with van der Waals surface area (Å²) < 4.78 is 17.0. The number of nitrogens with zero attached hydrogens (tertiary/aromatic N) is 2. The van der Waals surface area contributed by atoms with E-state index in [0.29, 0.717) is 11.4 Å². The Hall–Kier alpha value is -0.590. The van der Waals surface area contributed by atoms with Crippen LogP contribution < -0.4 is 0 Å². The molecule has 5 heteroatoms. The van der Waals surface area contributed by atoms with Gasteiger partial charge in [0.2, 0.25) is 0 Å². The van der Waals surface area contributed by atoms with Crippen molar-refractivity contribution in [1.29, 1.82) is 0 Å². The monoisotopic (exact) mass is 295 g/mol. The first-order valence-electron chi connectivity index (χ1n) is 3.76. The predicted octanol–water partition coefficient (Wildman–Crippen LogP) is 2.21. The van der Waals surface area contributed by atoms with E-state index in [1.165, 1.54) is 6.08 Å². The Morgan fingerprint density at radius 2 is 2.38 bits per heavy atom. The van der Waals surface area contributed by atoms with Crippen LogP contribution in [0.25, 0.3) is 6.08 Å². The van der Waals surface area contributed by atoms with Crippen molar-refractivity contribution in [2.24, 2.45) is 0 Å². The Kier molecular flexibility index (Phi) is 3.71. The highest BCUT2D eigenvalue weighted by molar-refractivity contribution is 14.2. The van der Waals surface area contributed by atoms with Gasteiger partial charge in [-0.25, -0.2) is 4.39 Å². The Morgan fingerprint density at radius 1 is 1.69 bits per heavy atom. The molecule has 0 aliphatic carbocycles. The SMILES string of the molecule is C=IC(C)/C(F)=C\c1n[nH]nc1C. The van der Waals surface area contributed by atoms with Gasteiger partial charge < -0.3 is 0 Å². The summed E-state index contributed by atoms with van der Waals surface area (Å²) in [5.74, 6) is -0.153. The third-order valence-corrected chi connectivity index (χ3v) is 3.56. The zero-order chi connectivity index (χ0) is 9.84. The smallest absolute Gasteiger partial charge is 0.114 e. The number of aromatic amines is 1. The lowest BCUT2D eigenvalue weighted by molar-refractivity contribution is 0.624. The summed E-state index contributed by atoms with van der Waals surface area (Å²) in [7, 11) is 0. The molecule has 0 spiro atoms. The number of nitrogens with one attached hydrogen (secondary N) is 1. The third kappa shape index (κ3) is 2.68. The quantitative estimate of drug-likeness (QED) is 0.686. The van der Waals surface area contributed by atoms with Crippen molar-refractivity contribution in [3.8, 4) is 0 Å². The van der Waals surface area contributed by atoms with Crippen LogP contribution in [0.2, 0.25) is 0 Å². The first-order valence-corrected chi connectivity index (χ1v) is 6.53. The van der Waals surface area contributed by atoms with Gasteiger partial charge in [-0.15, -0.1) is 20.7 Å². The summed E-state index contributed by atoms with van der Waals surface area (Å²) in [5, 5.41) is 10.1. The number of hydrogen-bond acceptors (Lipinski definition) is 2. The second-order valence-electron chi connectivity index (χ2n) is 2.59. The number of allylic oxidation sites excluding steroid dienone is 1. The molecule has 0 amide bonds. The van der Waals surface area contributed by atoms with Crippen LogP contribution in [0.3, 0.4) is 0 Å². The molecule has 1 aromatic rings. The molecule has 0 saturated heterocycles. The maximum atomic E-state index is 13.3. The van der Waals surface area contributed by atoms with Gasteiger partial charge in [0, 0.05) is 6.08 Å². The van der Waals surface area contributed by atoms with Gasteiger partial charge >= 0.3 is 0 Å². The van der Waals surface area contributed by atoms with E-state index in [9.17, 15) is 4.39 Å². The van der Waals surface area contributed by atoms with E-state index in [1.807, 2.05) is 6.92 Å². The second-order valence-corrected chi connectivity index (χ2v) is 5.34. The molecule has 1 rings (SSSR count). The molecule has 0 aliphatic heterocycles. The van der Waals surface area contributed by atoms with Crippen molar-refractivity contribution in [2.45, 2.75) is 17.8 Å². The van der Waals surface area contributed by atoms with Crippen LogP contribution in [0, 0.1) is 6.92 Å². The van der Waals surface area contributed by atoms with Gasteiger partial charge in [0.25, 0.3) is 0 Å². The summed E-state index contributed by atoms with van der Waals surface area (Å²) in [6, 6.07) is 0. The van der Waals surface area contributed by atoms with Crippen LogP contribution in [0.5, 0.6) is 0 Å². The largest absolute Gasteiger partial charge is 0.211 e. The molecular formula is C8H11FIN3. The van der Waals surface area contributed by atoms with Crippen molar-refractivity contribution in [2.75, 3.05) is 0 Å². The minimum Gasteiger partial charge on any atom is -0.211 e. The highest BCUT2D eigenvalue weighted by Gasteiger charge is 2.06. The molecule has 1 aromatic heterocycles. The van der Waals surface area contributed by atoms with E-state index in [1.54, 1.807) is 6.92 Å². The number of hydrogen-bond donors (Lipinski definition) is 1. The normalized spacial score (nSPS) is 14.5. The van der Waals surface area contributed by atoms with Crippen molar-refractivity contribution in [3.05, 3.63) is 17.2 Å². The molecule has 1 unspecified atom stereocenters. The first-order chi connectivity index (χ1) is 6.15. The molecule has 0 fully saturated rings. The van der Waals surface area contributed by atoms with Crippen LogP contribution >= 0.6 is 20.7 Å². The highest BCUT2D eigenvalue weighted by atomic mass is 127. The van der Waals surface area contributed by atoms with E-state index in [2.05, 4.69) is 19.9 Å². The molecule has 0 aliphatic rings. The number of aromatic nitrogens is 3. The van der Waals surface area contributed by atoms with Gasteiger partial charge in [-0.3, -0.25) is 0 Å². The van der Waals surface area contributed by atoms with Gasteiger partial charge in [-0.05, 0) is 13.8 Å². The number of alkyl halides is 1. The Bertz CT molecular complexity index is 332. The van der Waals surface area contributed by atoms with E-state index in [-0.39, 0.29) is 30.5 Å². The summed E-state index contributed by atoms with van der Waals surface area (Å²) in [5.41, 5.74) is 1.28. The van der Waals surface area contributed by atoms with Gasteiger partial charge in [0.05, 0.1) is 9.62 Å². The summed E-state index contributed by atoms with van der Waals surface area (Å²) in [6.07, 6.45) is 1.42. The zero-order valence-corrected chi connectivity index (χ0v) is 9.67. The van der Waals surface area contributed by atoms with Crippen LogP contribution in [0.4, 0.5) is 4.39 Å². The average Bonchev–Trinajstić information content (AvgIpc) is 2.50. The molecule has 72 valence electrons. The highest BCUT2D eigenvalue weighted by Crippen LogP contribution is 2.19. The second kappa shape index (κ2) is 4.59. The van der Waals surface area contributed by atoms with Gasteiger partial charge in [0.15, 0.2) is 0 Å². The minimum absolute atomic E-state index is 0.0464. The van der Waals surface area contributed by atoms with Crippen LogP contribution in [0.1, 0.15) is 18.3 Å². The molecule has 0 saturated carbocycles. The first kappa shape index (κ1) is 10.5. The lowest BCUT2D eigenvalue weighted by Gasteiger charge is -1.99. The Balaban J connectivity index is 2.88. The van der Waals surface area contributed by atoms with E-state index in [0.717, 1.165) is 0 Å². The predicted molar refractivity (Wildman–Crippen MR) is 60.8 cm³/mol. The third-order valence-electron chi connectivity index (χ3n) is 1.64. The molecule has 0 aromatic carbocycles. The van der Waals surface area contributed by atoms with Gasteiger partial charge in [-0.1, -0.05) is 4.51 Å². The molecule has 1 atom stereocenters. The Labute approximate surface area is 86.2 Å². The number of rotatable bonds is 3. The van der Waals surface area contributed by atoms with Crippen molar-refractivity contribution in [1.82, 2.24) is 15.4 Å². The van der Waals surface area contributed by atoms with Gasteiger partial charge in [-0.2, -0.15) is 15.4 Å². The molecule has 1 heterocycles. The fourth-order valence-electron chi connectivity index (χ4n) is 0.748. The van der Waals surface area contributed by atoms with Crippen molar-refractivity contribution in [3.63, 3.8) is 0 Å². The summed E-state index contributed by atoms with van der Waals surface area (Å²) in [4.78, 5) is 0. The molecule has 13 heavy (non-hydrogen) atoms. The van der Waals surface area contributed by atoms with Crippen LogP contribution in [-0.4, -0.2) is 23.9 Å². The number of aryl methyl sites for hydroxylation is 1. The van der Waals surface area contributed by atoms with Gasteiger partial charge in [0.1, 0.15) is 11.5 Å². The standard InChI is InChI=1S/C8H11FIN3/c1-5(10-3)7(9)4-8-6(2)11-13-12-8/h4-5H,3H2,1-2H3,(H,11,12,13)/b7-4+. The fourth-order valence-corrected chi connectivity index (χ4v) is 1.35. The lowest BCUT2D eigenvalue weighted by atomic mass is 10.3. The lowest BCUT2D eigenvalue weighted by Crippen LogP contribution is -1.91. The molecular weight excluding hydrogens is 284 g/mol. The van der Waals surface area contributed by atoms with Crippen molar-refractivity contribution < 1.29 is 4.39 Å². The average molecular weight is 295 g/mol.